The van der Waals surface area contributed by atoms with Crippen LogP contribution in [0.15, 0.2) is 61.0 Å². The van der Waals surface area contributed by atoms with Crippen molar-refractivity contribution in [3.8, 4) is 11.1 Å². The number of ether oxygens (including phenoxy) is 1. The van der Waals surface area contributed by atoms with Crippen molar-refractivity contribution in [1.82, 2.24) is 5.32 Å². The Kier molecular flexibility index (Phi) is 3.83. The summed E-state index contributed by atoms with van der Waals surface area (Å²) in [6.45, 7) is 4.25. The first-order valence-corrected chi connectivity index (χ1v) is 7.19. The molecule has 0 fully saturated rings. The van der Waals surface area contributed by atoms with Crippen LogP contribution in [0.5, 0.6) is 0 Å². The molecule has 0 aromatic heterocycles. The number of nitrogens with one attached hydrogen (secondary N) is 1. The molecule has 22 heavy (non-hydrogen) atoms. The summed E-state index contributed by atoms with van der Waals surface area (Å²) in [6, 6.07) is 16.7. The van der Waals surface area contributed by atoms with Crippen LogP contribution in [0.2, 0.25) is 0 Å². The lowest BCUT2D eigenvalue weighted by Gasteiger charge is -2.16. The van der Waals surface area contributed by atoms with Crippen molar-refractivity contribution in [3.63, 3.8) is 0 Å². The molecular formula is C18H18N2O2. The third-order valence-corrected chi connectivity index (χ3v) is 3.85. The van der Waals surface area contributed by atoms with E-state index in [1.807, 2.05) is 24.3 Å². The van der Waals surface area contributed by atoms with E-state index >= 15 is 0 Å². The largest absolute Gasteiger partial charge is 0.479 e. The van der Waals surface area contributed by atoms with Crippen molar-refractivity contribution >= 4 is 5.91 Å². The molecule has 0 radical (unpaired) electrons. The van der Waals surface area contributed by atoms with Crippen molar-refractivity contribution in [2.24, 2.45) is 5.73 Å². The molecule has 0 saturated heterocycles. The van der Waals surface area contributed by atoms with Gasteiger partial charge in [0.15, 0.2) is 5.88 Å². The van der Waals surface area contributed by atoms with Gasteiger partial charge in [-0.2, -0.15) is 0 Å². The lowest BCUT2D eigenvalue weighted by atomic mass is 9.98. The van der Waals surface area contributed by atoms with Gasteiger partial charge in [0, 0.05) is 5.92 Å². The van der Waals surface area contributed by atoms with Crippen LogP contribution in [0, 0.1) is 0 Å². The number of hydrogen-bond acceptors (Lipinski definition) is 3. The Labute approximate surface area is 129 Å². The van der Waals surface area contributed by atoms with Gasteiger partial charge in [-0.05, 0) is 28.8 Å². The van der Waals surface area contributed by atoms with Crippen molar-refractivity contribution in [2.75, 3.05) is 13.2 Å². The minimum Gasteiger partial charge on any atom is -0.479 e. The van der Waals surface area contributed by atoms with Crippen LogP contribution < -0.4 is 11.1 Å². The third-order valence-electron chi connectivity index (χ3n) is 3.85. The van der Waals surface area contributed by atoms with Crippen LogP contribution in [0.25, 0.3) is 11.1 Å². The van der Waals surface area contributed by atoms with Crippen LogP contribution in [0.1, 0.15) is 17.0 Å². The van der Waals surface area contributed by atoms with Gasteiger partial charge < -0.3 is 15.8 Å². The van der Waals surface area contributed by atoms with Gasteiger partial charge in [-0.3, -0.25) is 4.79 Å². The van der Waals surface area contributed by atoms with Crippen LogP contribution in [-0.2, 0) is 9.53 Å². The number of rotatable bonds is 6. The van der Waals surface area contributed by atoms with Crippen LogP contribution in [-0.4, -0.2) is 19.1 Å². The molecule has 3 N–H and O–H groups in total. The molecule has 0 unspecified atom stereocenters. The van der Waals surface area contributed by atoms with Crippen LogP contribution >= 0.6 is 0 Å². The van der Waals surface area contributed by atoms with Gasteiger partial charge in [-0.1, -0.05) is 48.5 Å². The first-order valence-electron chi connectivity index (χ1n) is 7.19. The number of carbonyl (C=O) groups is 1. The van der Waals surface area contributed by atoms with E-state index in [4.69, 9.17) is 10.5 Å². The van der Waals surface area contributed by atoms with Crippen molar-refractivity contribution in [3.05, 3.63) is 72.1 Å². The molecule has 0 bridgehead atoms. The van der Waals surface area contributed by atoms with Crippen LogP contribution in [0.3, 0.4) is 0 Å². The fourth-order valence-electron chi connectivity index (χ4n) is 2.86. The second-order valence-corrected chi connectivity index (χ2v) is 5.28. The highest BCUT2D eigenvalue weighted by atomic mass is 16.5. The summed E-state index contributed by atoms with van der Waals surface area (Å²) in [5.74, 6) is 0.0847. The second-order valence-electron chi connectivity index (χ2n) is 5.28. The predicted octanol–water partition coefficient (Wildman–Crippen LogP) is 2.36. The van der Waals surface area contributed by atoms with Gasteiger partial charge in [-0.15, -0.1) is 0 Å². The maximum Gasteiger partial charge on any atom is 0.236 e. The molecule has 4 nitrogen and oxygen atoms in total. The summed E-state index contributed by atoms with van der Waals surface area (Å²) >= 11 is 0. The summed E-state index contributed by atoms with van der Waals surface area (Å²) in [6.07, 6.45) is 0. The molecule has 1 aliphatic rings. The Bertz CT molecular complexity index is 679. The minimum atomic E-state index is -0.443. The Hall–Kier alpha value is -2.75. The second kappa shape index (κ2) is 5.93. The molecule has 0 aliphatic heterocycles. The van der Waals surface area contributed by atoms with Gasteiger partial charge >= 0.3 is 0 Å². The number of primary amides is 1. The molecule has 2 aromatic carbocycles. The molecule has 1 aliphatic carbocycles. The van der Waals surface area contributed by atoms with E-state index < -0.39 is 5.91 Å². The fourth-order valence-corrected chi connectivity index (χ4v) is 2.86. The summed E-state index contributed by atoms with van der Waals surface area (Å²) in [5.41, 5.74) is 10.1. The van der Waals surface area contributed by atoms with Gasteiger partial charge in [0.05, 0.1) is 6.54 Å². The Balaban J connectivity index is 1.77. The maximum atomic E-state index is 10.8. The molecule has 2 aromatic rings. The van der Waals surface area contributed by atoms with E-state index in [2.05, 4.69) is 36.2 Å². The van der Waals surface area contributed by atoms with Gasteiger partial charge in [0.1, 0.15) is 6.61 Å². The number of amides is 1. The molecule has 0 spiro atoms. The normalized spacial score (nSPS) is 12.4. The average molecular weight is 294 g/mol. The summed E-state index contributed by atoms with van der Waals surface area (Å²) < 4.78 is 5.68. The highest BCUT2D eigenvalue weighted by molar-refractivity contribution is 5.78. The first-order chi connectivity index (χ1) is 10.7. The molecule has 1 amide bonds. The summed E-state index contributed by atoms with van der Waals surface area (Å²) in [4.78, 5) is 10.8. The standard InChI is InChI=1S/C18H18N2O2/c1-12(20-10-18(19)21)22-11-17-15-8-4-2-6-13(15)14-7-3-5-9-16(14)17/h2-9,17,20H,1,10-11H2,(H2,19,21). The molecule has 112 valence electrons. The maximum absolute atomic E-state index is 10.8. The van der Waals surface area contributed by atoms with E-state index in [9.17, 15) is 4.79 Å². The predicted molar refractivity (Wildman–Crippen MR) is 86.0 cm³/mol. The number of fused-ring (bicyclic) bond motifs is 3. The monoisotopic (exact) mass is 294 g/mol. The van der Waals surface area contributed by atoms with Gasteiger partial charge in [0.25, 0.3) is 0 Å². The first kappa shape index (κ1) is 14.2. The highest BCUT2D eigenvalue weighted by Crippen LogP contribution is 2.44. The third kappa shape index (κ3) is 2.68. The van der Waals surface area contributed by atoms with Gasteiger partial charge in [0.2, 0.25) is 5.91 Å². The number of benzene rings is 2. The van der Waals surface area contributed by atoms with Gasteiger partial charge in [-0.25, -0.2) is 0 Å². The smallest absolute Gasteiger partial charge is 0.236 e. The SMILES string of the molecule is C=C(NCC(N)=O)OCC1c2ccccc2-c2ccccc21. The summed E-state index contributed by atoms with van der Waals surface area (Å²) in [7, 11) is 0. The Morgan fingerprint density at radius 3 is 2.18 bits per heavy atom. The van der Waals surface area contributed by atoms with E-state index in [-0.39, 0.29) is 12.5 Å². The van der Waals surface area contributed by atoms with E-state index in [1.54, 1.807) is 0 Å². The fraction of sp³-hybridized carbons (Fsp3) is 0.167. The van der Waals surface area contributed by atoms with E-state index in [0.717, 1.165) is 0 Å². The lowest BCUT2D eigenvalue weighted by molar-refractivity contribution is -0.117. The number of hydrogen-bond donors (Lipinski definition) is 2. The van der Waals surface area contributed by atoms with E-state index in [0.29, 0.717) is 12.5 Å². The topological polar surface area (TPSA) is 64.3 Å². The van der Waals surface area contributed by atoms with Crippen molar-refractivity contribution in [2.45, 2.75) is 5.92 Å². The summed E-state index contributed by atoms with van der Waals surface area (Å²) in [5, 5.41) is 2.76. The lowest BCUT2D eigenvalue weighted by Crippen LogP contribution is -2.29. The molecular weight excluding hydrogens is 276 g/mol. The Morgan fingerprint density at radius 2 is 1.64 bits per heavy atom. The van der Waals surface area contributed by atoms with Crippen molar-refractivity contribution in [1.29, 1.82) is 0 Å². The average Bonchev–Trinajstić information content (AvgIpc) is 2.85. The zero-order valence-electron chi connectivity index (χ0n) is 12.2. The number of nitrogens with two attached hydrogens (primary N) is 1. The zero-order chi connectivity index (χ0) is 15.5. The van der Waals surface area contributed by atoms with Crippen LogP contribution in [0.4, 0.5) is 0 Å². The molecule has 0 atom stereocenters. The molecule has 0 heterocycles. The molecule has 0 saturated carbocycles. The minimum absolute atomic E-state index is 0.0245. The Morgan fingerprint density at radius 1 is 1.09 bits per heavy atom. The quantitative estimate of drug-likeness (QED) is 0.804. The van der Waals surface area contributed by atoms with Crippen molar-refractivity contribution < 1.29 is 9.53 Å². The zero-order valence-corrected chi connectivity index (χ0v) is 12.2. The highest BCUT2D eigenvalue weighted by Gasteiger charge is 2.28. The molecule has 4 heteroatoms. The number of carbonyl (C=O) groups excluding carboxylic acids is 1. The molecule has 3 rings (SSSR count). The van der Waals surface area contributed by atoms with E-state index in [1.165, 1.54) is 22.3 Å².